The van der Waals surface area contributed by atoms with E-state index in [1.165, 1.54) is 17.3 Å². The highest BCUT2D eigenvalue weighted by molar-refractivity contribution is 6.01. The molecule has 126 valence electrons. The quantitative estimate of drug-likeness (QED) is 0.931. The minimum absolute atomic E-state index is 0.0942. The Balaban J connectivity index is 1.95. The minimum atomic E-state index is -0.369. The molecule has 0 unspecified atom stereocenters. The number of hydrogen-bond acceptors (Lipinski definition) is 4. The van der Waals surface area contributed by atoms with Crippen molar-refractivity contribution in [3.8, 4) is 0 Å². The van der Waals surface area contributed by atoms with Crippen LogP contribution in [0.1, 0.15) is 35.3 Å². The van der Waals surface area contributed by atoms with Crippen molar-refractivity contribution in [3.63, 3.8) is 0 Å². The molecule has 0 fully saturated rings. The number of hydrogen-bond donors (Lipinski definition) is 1. The van der Waals surface area contributed by atoms with E-state index in [1.54, 1.807) is 12.3 Å². The maximum Gasteiger partial charge on any atom is 0.279 e. The summed E-state index contributed by atoms with van der Waals surface area (Å²) >= 11 is 0. The third-order valence-corrected chi connectivity index (χ3v) is 3.78. The number of benzene rings is 1. The monoisotopic (exact) mass is 329 g/mol. The number of rotatable bonds is 4. The maximum absolute atomic E-state index is 14.1. The molecule has 0 spiro atoms. The van der Waals surface area contributed by atoms with E-state index < -0.39 is 0 Å². The molecular formula is C18H20FN3O2. The smallest absolute Gasteiger partial charge is 0.279 e. The Morgan fingerprint density at radius 2 is 2.08 bits per heavy atom. The number of aryl methyl sites for hydroxylation is 1. The summed E-state index contributed by atoms with van der Waals surface area (Å²) in [6.45, 7) is 6.05. The van der Waals surface area contributed by atoms with Gasteiger partial charge in [0.25, 0.3) is 5.91 Å². The van der Waals surface area contributed by atoms with Crippen LogP contribution in [0.2, 0.25) is 0 Å². The molecule has 2 aromatic rings. The third-order valence-electron chi connectivity index (χ3n) is 3.78. The first-order chi connectivity index (χ1) is 11.5. The fraction of sp³-hybridized carbons (Fsp3) is 0.333. The Morgan fingerprint density at radius 1 is 1.29 bits per heavy atom. The van der Waals surface area contributed by atoms with Crippen LogP contribution in [0.15, 0.2) is 30.6 Å². The number of halogens is 1. The highest BCUT2D eigenvalue weighted by atomic mass is 19.1. The number of nitrogens with one attached hydrogen (secondary N) is 1. The van der Waals surface area contributed by atoms with E-state index >= 15 is 0 Å². The lowest BCUT2D eigenvalue weighted by Crippen LogP contribution is -2.39. The van der Waals surface area contributed by atoms with Gasteiger partial charge in [-0.2, -0.15) is 0 Å². The van der Waals surface area contributed by atoms with E-state index in [0.717, 1.165) is 11.1 Å². The van der Waals surface area contributed by atoms with Crippen LogP contribution in [0.4, 0.5) is 15.8 Å². The number of carbonyl (C=O) groups is 1. The summed E-state index contributed by atoms with van der Waals surface area (Å²) in [5, 5.41) is 4.36. The SMILES string of the molecule is Cc1ccc(Nc2cncc3c2C(=O)N(OC(C)C)CC3)c(F)c1. The molecule has 5 nitrogen and oxygen atoms in total. The van der Waals surface area contributed by atoms with Crippen molar-refractivity contribution >= 4 is 17.3 Å². The zero-order valence-electron chi connectivity index (χ0n) is 14.0. The Bertz CT molecular complexity index is 777. The lowest BCUT2D eigenvalue weighted by molar-refractivity contribution is -0.153. The summed E-state index contributed by atoms with van der Waals surface area (Å²) in [6, 6.07) is 4.91. The van der Waals surface area contributed by atoms with Crippen molar-refractivity contribution in [1.29, 1.82) is 0 Å². The summed E-state index contributed by atoms with van der Waals surface area (Å²) in [7, 11) is 0. The molecule has 1 N–H and O–H groups in total. The molecule has 3 rings (SSSR count). The second-order valence-electron chi connectivity index (χ2n) is 6.14. The molecule has 0 radical (unpaired) electrons. The van der Waals surface area contributed by atoms with E-state index in [9.17, 15) is 9.18 Å². The molecule has 0 atom stereocenters. The largest absolute Gasteiger partial charge is 0.351 e. The zero-order chi connectivity index (χ0) is 17.3. The lowest BCUT2D eigenvalue weighted by atomic mass is 10.0. The molecule has 24 heavy (non-hydrogen) atoms. The summed E-state index contributed by atoms with van der Waals surface area (Å²) in [6.07, 6.45) is 3.77. The molecule has 6 heteroatoms. The predicted molar refractivity (Wildman–Crippen MR) is 89.6 cm³/mol. The first kappa shape index (κ1) is 16.4. The van der Waals surface area contributed by atoms with Gasteiger partial charge in [-0.15, -0.1) is 0 Å². The molecule has 1 aliphatic rings. The number of anilines is 2. The normalized spacial score (nSPS) is 14.0. The molecule has 1 aliphatic heterocycles. The van der Waals surface area contributed by atoms with Crippen LogP contribution in [-0.2, 0) is 11.3 Å². The number of nitrogens with zero attached hydrogens (tertiary/aromatic N) is 2. The van der Waals surface area contributed by atoms with Gasteiger partial charge in [0.1, 0.15) is 5.82 Å². The number of fused-ring (bicyclic) bond motifs is 1. The zero-order valence-corrected chi connectivity index (χ0v) is 14.0. The van der Waals surface area contributed by atoms with Crippen LogP contribution in [0.3, 0.4) is 0 Å². The van der Waals surface area contributed by atoms with Gasteiger partial charge in [0.2, 0.25) is 0 Å². The molecule has 1 aromatic carbocycles. The molecule has 0 saturated heterocycles. The minimum Gasteiger partial charge on any atom is -0.351 e. The van der Waals surface area contributed by atoms with Gasteiger partial charge >= 0.3 is 0 Å². The van der Waals surface area contributed by atoms with Crippen molar-refractivity contribution in [3.05, 3.63) is 53.1 Å². The fourth-order valence-electron chi connectivity index (χ4n) is 2.71. The number of aromatic nitrogens is 1. The number of amides is 1. The van der Waals surface area contributed by atoms with Crippen molar-refractivity contribution in [1.82, 2.24) is 10.0 Å². The molecule has 2 heterocycles. The molecule has 0 saturated carbocycles. The van der Waals surface area contributed by atoms with E-state index in [1.807, 2.05) is 26.8 Å². The highest BCUT2D eigenvalue weighted by Gasteiger charge is 2.29. The first-order valence-corrected chi connectivity index (χ1v) is 7.94. The number of carbonyl (C=O) groups excluding carboxylic acids is 1. The Labute approximate surface area is 140 Å². The average Bonchev–Trinajstić information content (AvgIpc) is 2.52. The van der Waals surface area contributed by atoms with Crippen molar-refractivity contribution in [2.75, 3.05) is 11.9 Å². The lowest BCUT2D eigenvalue weighted by Gasteiger charge is -2.30. The van der Waals surface area contributed by atoms with Gasteiger partial charge in [0, 0.05) is 6.20 Å². The topological polar surface area (TPSA) is 54.5 Å². The summed E-state index contributed by atoms with van der Waals surface area (Å²) in [4.78, 5) is 22.5. The molecular weight excluding hydrogens is 309 g/mol. The van der Waals surface area contributed by atoms with Gasteiger partial charge in [0.05, 0.1) is 35.8 Å². The fourth-order valence-corrected chi connectivity index (χ4v) is 2.71. The molecule has 0 bridgehead atoms. The highest BCUT2D eigenvalue weighted by Crippen LogP contribution is 2.29. The van der Waals surface area contributed by atoms with Gasteiger partial charge in [-0.05, 0) is 50.5 Å². The van der Waals surface area contributed by atoms with Crippen LogP contribution >= 0.6 is 0 Å². The van der Waals surface area contributed by atoms with Crippen LogP contribution < -0.4 is 5.32 Å². The Morgan fingerprint density at radius 3 is 2.79 bits per heavy atom. The van der Waals surface area contributed by atoms with Crippen molar-refractivity contribution < 1.29 is 14.0 Å². The van der Waals surface area contributed by atoms with E-state index in [-0.39, 0.29) is 17.8 Å². The van der Waals surface area contributed by atoms with E-state index in [0.29, 0.717) is 29.9 Å². The maximum atomic E-state index is 14.1. The van der Waals surface area contributed by atoms with Crippen molar-refractivity contribution in [2.24, 2.45) is 0 Å². The summed E-state index contributed by atoms with van der Waals surface area (Å²) in [5.74, 6) is -0.603. The van der Waals surface area contributed by atoms with Gasteiger partial charge < -0.3 is 5.32 Å². The van der Waals surface area contributed by atoms with Gasteiger partial charge in [-0.1, -0.05) is 6.07 Å². The molecule has 1 aromatic heterocycles. The standard InChI is InChI=1S/C18H20FN3O2/c1-11(2)24-22-7-6-13-9-20-10-16(17(13)18(22)23)21-15-5-4-12(3)8-14(15)19/h4-5,8-11,21H,6-7H2,1-3H3. The van der Waals surface area contributed by atoms with Gasteiger partial charge in [-0.3, -0.25) is 14.6 Å². The molecule has 0 aliphatic carbocycles. The number of hydroxylamine groups is 2. The van der Waals surface area contributed by atoms with Crippen LogP contribution in [-0.4, -0.2) is 28.6 Å². The van der Waals surface area contributed by atoms with Crippen LogP contribution in [0.5, 0.6) is 0 Å². The van der Waals surface area contributed by atoms with Crippen molar-refractivity contribution in [2.45, 2.75) is 33.3 Å². The Kier molecular flexibility index (Phi) is 4.49. The van der Waals surface area contributed by atoms with E-state index in [2.05, 4.69) is 10.3 Å². The van der Waals surface area contributed by atoms with Crippen LogP contribution in [0, 0.1) is 12.7 Å². The Hall–Kier alpha value is -2.47. The predicted octanol–water partition coefficient (Wildman–Crippen LogP) is 3.61. The second-order valence-corrected chi connectivity index (χ2v) is 6.14. The van der Waals surface area contributed by atoms with Gasteiger partial charge in [-0.25, -0.2) is 9.45 Å². The summed E-state index contributed by atoms with van der Waals surface area (Å²) in [5.41, 5.74) is 2.94. The summed E-state index contributed by atoms with van der Waals surface area (Å²) < 4.78 is 14.1. The van der Waals surface area contributed by atoms with Crippen LogP contribution in [0.25, 0.3) is 0 Å². The van der Waals surface area contributed by atoms with Gasteiger partial charge in [0.15, 0.2) is 0 Å². The number of pyridine rings is 1. The average molecular weight is 329 g/mol. The van der Waals surface area contributed by atoms with E-state index in [4.69, 9.17) is 4.84 Å². The second kappa shape index (κ2) is 6.57. The third kappa shape index (κ3) is 3.23. The molecule has 1 amide bonds. The first-order valence-electron chi connectivity index (χ1n) is 7.94.